The minimum Gasteiger partial charge on any atom is -0.353 e. The molecule has 1 aromatic carbocycles. The third kappa shape index (κ3) is 4.03. The molecule has 2 heterocycles. The first kappa shape index (κ1) is 17.1. The predicted molar refractivity (Wildman–Crippen MR) is 98.3 cm³/mol. The zero-order valence-electron chi connectivity index (χ0n) is 14.5. The highest BCUT2D eigenvalue weighted by molar-refractivity contribution is 6.08. The number of rotatable bonds is 4. The van der Waals surface area contributed by atoms with Gasteiger partial charge in [-0.3, -0.25) is 9.59 Å². The smallest absolute Gasteiger partial charge is 0.259 e. The van der Waals surface area contributed by atoms with Crippen LogP contribution >= 0.6 is 0 Å². The van der Waals surface area contributed by atoms with Gasteiger partial charge in [-0.25, -0.2) is 4.98 Å². The van der Waals surface area contributed by atoms with Crippen molar-refractivity contribution in [2.75, 3.05) is 43.4 Å². The fourth-order valence-corrected chi connectivity index (χ4v) is 2.86. The van der Waals surface area contributed by atoms with Gasteiger partial charge in [0, 0.05) is 43.6 Å². The maximum Gasteiger partial charge on any atom is 0.259 e. The molecule has 0 aliphatic carbocycles. The molecular weight excluding hydrogens is 316 g/mol. The Morgan fingerprint density at radius 2 is 1.84 bits per heavy atom. The fraction of sp³-hybridized carbons (Fsp3) is 0.316. The van der Waals surface area contributed by atoms with E-state index in [-0.39, 0.29) is 11.7 Å². The standard InChI is InChI=1S/C19H22N4O2/c1-14(24)15-5-3-6-16(13-15)21-19(25)17-7-4-8-20-18(17)23-11-9-22(2)10-12-23/h3-8,13H,9-12H2,1-2H3,(H,21,25). The number of benzene rings is 1. The average Bonchev–Trinajstić information content (AvgIpc) is 2.62. The summed E-state index contributed by atoms with van der Waals surface area (Å²) >= 11 is 0. The van der Waals surface area contributed by atoms with Crippen LogP contribution in [0.4, 0.5) is 11.5 Å². The van der Waals surface area contributed by atoms with E-state index in [9.17, 15) is 9.59 Å². The van der Waals surface area contributed by atoms with E-state index in [4.69, 9.17) is 0 Å². The van der Waals surface area contributed by atoms with Crippen molar-refractivity contribution in [2.45, 2.75) is 6.92 Å². The normalized spacial score (nSPS) is 15.0. The third-order valence-corrected chi connectivity index (χ3v) is 4.36. The number of nitrogens with zero attached hydrogens (tertiary/aromatic N) is 3. The van der Waals surface area contributed by atoms with Gasteiger partial charge in [0.25, 0.3) is 5.91 Å². The van der Waals surface area contributed by atoms with Crippen molar-refractivity contribution in [3.8, 4) is 0 Å². The molecule has 0 atom stereocenters. The molecule has 2 aromatic rings. The zero-order chi connectivity index (χ0) is 17.8. The second kappa shape index (κ2) is 7.44. The van der Waals surface area contributed by atoms with Crippen LogP contribution in [0.5, 0.6) is 0 Å². The Hall–Kier alpha value is -2.73. The number of carbonyl (C=O) groups excluding carboxylic acids is 2. The minimum absolute atomic E-state index is 0.0318. The van der Waals surface area contributed by atoms with Crippen molar-refractivity contribution in [1.29, 1.82) is 0 Å². The van der Waals surface area contributed by atoms with Crippen LogP contribution in [0.3, 0.4) is 0 Å². The molecular formula is C19H22N4O2. The van der Waals surface area contributed by atoms with E-state index >= 15 is 0 Å². The van der Waals surface area contributed by atoms with E-state index in [1.54, 1.807) is 42.6 Å². The van der Waals surface area contributed by atoms with Crippen LogP contribution in [0.2, 0.25) is 0 Å². The summed E-state index contributed by atoms with van der Waals surface area (Å²) in [7, 11) is 2.09. The third-order valence-electron chi connectivity index (χ3n) is 4.36. The van der Waals surface area contributed by atoms with E-state index < -0.39 is 0 Å². The van der Waals surface area contributed by atoms with Gasteiger partial charge >= 0.3 is 0 Å². The summed E-state index contributed by atoms with van der Waals surface area (Å²) in [5.74, 6) is 0.453. The van der Waals surface area contributed by atoms with Gasteiger partial charge in [0.2, 0.25) is 0 Å². The average molecular weight is 338 g/mol. The van der Waals surface area contributed by atoms with Gasteiger partial charge in [-0.1, -0.05) is 12.1 Å². The monoisotopic (exact) mass is 338 g/mol. The molecule has 1 fully saturated rings. The van der Waals surface area contributed by atoms with Crippen molar-refractivity contribution in [3.05, 3.63) is 53.7 Å². The molecule has 1 amide bonds. The lowest BCUT2D eigenvalue weighted by molar-refractivity contribution is 0.101. The van der Waals surface area contributed by atoms with E-state index in [1.165, 1.54) is 6.92 Å². The molecule has 6 nitrogen and oxygen atoms in total. The predicted octanol–water partition coefficient (Wildman–Crippen LogP) is 2.29. The number of aromatic nitrogens is 1. The Morgan fingerprint density at radius 3 is 2.56 bits per heavy atom. The lowest BCUT2D eigenvalue weighted by Crippen LogP contribution is -2.45. The number of ketones is 1. The SMILES string of the molecule is CC(=O)c1cccc(NC(=O)c2cccnc2N2CCN(C)CC2)c1. The number of piperazine rings is 1. The molecule has 1 aliphatic heterocycles. The van der Waals surface area contributed by atoms with Crippen LogP contribution in [0.15, 0.2) is 42.6 Å². The highest BCUT2D eigenvalue weighted by Crippen LogP contribution is 2.21. The Kier molecular flexibility index (Phi) is 5.09. The summed E-state index contributed by atoms with van der Waals surface area (Å²) in [6.45, 7) is 5.07. The van der Waals surface area contributed by atoms with E-state index in [0.29, 0.717) is 22.6 Å². The number of pyridine rings is 1. The quantitative estimate of drug-likeness (QED) is 0.867. The molecule has 130 valence electrons. The highest BCUT2D eigenvalue weighted by Gasteiger charge is 2.21. The molecule has 6 heteroatoms. The number of carbonyl (C=O) groups is 2. The molecule has 0 unspecified atom stereocenters. The summed E-state index contributed by atoms with van der Waals surface area (Å²) in [4.78, 5) is 33.1. The number of likely N-dealkylation sites (N-methyl/N-ethyl adjacent to an activating group) is 1. The molecule has 0 spiro atoms. The van der Waals surface area contributed by atoms with Gasteiger partial charge < -0.3 is 15.1 Å². The van der Waals surface area contributed by atoms with Gasteiger partial charge in [0.1, 0.15) is 5.82 Å². The number of hydrogen-bond acceptors (Lipinski definition) is 5. The van der Waals surface area contributed by atoms with Crippen LogP contribution in [0.1, 0.15) is 27.6 Å². The van der Waals surface area contributed by atoms with Crippen LogP contribution < -0.4 is 10.2 Å². The largest absolute Gasteiger partial charge is 0.353 e. The first-order chi connectivity index (χ1) is 12.0. The van der Waals surface area contributed by atoms with Crippen LogP contribution in [-0.4, -0.2) is 54.8 Å². The molecule has 1 N–H and O–H groups in total. The number of anilines is 2. The van der Waals surface area contributed by atoms with E-state index in [1.807, 2.05) is 0 Å². The number of Topliss-reactive ketones (excluding diaryl/α,β-unsaturated/α-hetero) is 1. The van der Waals surface area contributed by atoms with Crippen molar-refractivity contribution >= 4 is 23.2 Å². The van der Waals surface area contributed by atoms with Gasteiger partial charge in [-0.2, -0.15) is 0 Å². The summed E-state index contributed by atoms with van der Waals surface area (Å²) < 4.78 is 0. The van der Waals surface area contributed by atoms with Crippen molar-refractivity contribution in [1.82, 2.24) is 9.88 Å². The maximum atomic E-state index is 12.7. The summed E-state index contributed by atoms with van der Waals surface area (Å²) in [5.41, 5.74) is 1.72. The molecule has 1 saturated heterocycles. The Balaban J connectivity index is 1.81. The molecule has 0 bridgehead atoms. The lowest BCUT2D eigenvalue weighted by Gasteiger charge is -2.34. The number of hydrogen-bond donors (Lipinski definition) is 1. The lowest BCUT2D eigenvalue weighted by atomic mass is 10.1. The minimum atomic E-state index is -0.220. The molecule has 25 heavy (non-hydrogen) atoms. The highest BCUT2D eigenvalue weighted by atomic mass is 16.1. The van der Waals surface area contributed by atoms with Gasteiger partial charge in [-0.15, -0.1) is 0 Å². The fourth-order valence-electron chi connectivity index (χ4n) is 2.86. The number of amides is 1. The molecule has 1 aliphatic rings. The summed E-state index contributed by atoms with van der Waals surface area (Å²) in [6.07, 6.45) is 1.71. The Labute approximate surface area is 147 Å². The summed E-state index contributed by atoms with van der Waals surface area (Å²) in [5, 5.41) is 2.87. The van der Waals surface area contributed by atoms with Crippen LogP contribution in [-0.2, 0) is 0 Å². The van der Waals surface area contributed by atoms with Crippen molar-refractivity contribution in [2.24, 2.45) is 0 Å². The van der Waals surface area contributed by atoms with Crippen molar-refractivity contribution < 1.29 is 9.59 Å². The zero-order valence-corrected chi connectivity index (χ0v) is 14.5. The second-order valence-electron chi connectivity index (χ2n) is 6.26. The molecule has 0 saturated carbocycles. The van der Waals surface area contributed by atoms with Gasteiger partial charge in [0.15, 0.2) is 5.78 Å². The van der Waals surface area contributed by atoms with E-state index in [0.717, 1.165) is 26.2 Å². The first-order valence-electron chi connectivity index (χ1n) is 8.35. The molecule has 3 rings (SSSR count). The topological polar surface area (TPSA) is 65.5 Å². The first-order valence-corrected chi connectivity index (χ1v) is 8.35. The Morgan fingerprint density at radius 1 is 1.08 bits per heavy atom. The summed E-state index contributed by atoms with van der Waals surface area (Å²) in [6, 6.07) is 10.5. The maximum absolute atomic E-state index is 12.7. The second-order valence-corrected chi connectivity index (χ2v) is 6.26. The van der Waals surface area contributed by atoms with E-state index in [2.05, 4.69) is 27.1 Å². The molecule has 0 radical (unpaired) electrons. The number of nitrogens with one attached hydrogen (secondary N) is 1. The molecule has 1 aromatic heterocycles. The van der Waals surface area contributed by atoms with Gasteiger partial charge in [-0.05, 0) is 38.2 Å². The van der Waals surface area contributed by atoms with Crippen molar-refractivity contribution in [3.63, 3.8) is 0 Å². The van der Waals surface area contributed by atoms with Gasteiger partial charge in [0.05, 0.1) is 5.56 Å². The van der Waals surface area contributed by atoms with Crippen LogP contribution in [0, 0.1) is 0 Å². The Bertz CT molecular complexity index is 782. The van der Waals surface area contributed by atoms with Crippen LogP contribution in [0.25, 0.3) is 0 Å².